The molecule has 0 saturated heterocycles. The molecule has 4 aromatic heterocycles. The van der Waals surface area contributed by atoms with Crippen molar-refractivity contribution in [2.75, 3.05) is 0 Å². The van der Waals surface area contributed by atoms with Crippen molar-refractivity contribution in [2.24, 2.45) is 0 Å². The van der Waals surface area contributed by atoms with Crippen LogP contribution in [-0.2, 0) is 5.67 Å². The van der Waals surface area contributed by atoms with Gasteiger partial charge in [0.15, 0.2) is 0 Å². The number of aromatic nitrogens is 5. The molecule has 7 nitrogen and oxygen atoms in total. The number of halogens is 3. The lowest BCUT2D eigenvalue weighted by molar-refractivity contribution is 0.267. The quantitative estimate of drug-likeness (QED) is 0.420. The molecule has 166 valence electrons. The SMILES string of the molecule is Cc1noc(C)c1-c1cc(C(F)(c2ccc(F)cn2)c2ccc(F)cn2)c2[nH]c(=O)[nH]c2c1. The second kappa shape index (κ2) is 7.44. The van der Waals surface area contributed by atoms with E-state index in [-0.39, 0.29) is 22.5 Å². The summed E-state index contributed by atoms with van der Waals surface area (Å²) < 4.78 is 49.7. The fourth-order valence-corrected chi connectivity index (χ4v) is 4.02. The lowest BCUT2D eigenvalue weighted by atomic mass is 9.85. The van der Waals surface area contributed by atoms with E-state index in [2.05, 4.69) is 25.1 Å². The summed E-state index contributed by atoms with van der Waals surface area (Å²) in [4.78, 5) is 25.3. The van der Waals surface area contributed by atoms with Gasteiger partial charge in [-0.25, -0.2) is 18.0 Å². The number of fused-ring (bicyclic) bond motifs is 1. The van der Waals surface area contributed by atoms with E-state index in [0.29, 0.717) is 28.1 Å². The van der Waals surface area contributed by atoms with E-state index in [4.69, 9.17) is 4.52 Å². The molecule has 0 aliphatic heterocycles. The predicted molar refractivity (Wildman–Crippen MR) is 113 cm³/mol. The van der Waals surface area contributed by atoms with Crippen molar-refractivity contribution in [2.45, 2.75) is 19.5 Å². The van der Waals surface area contributed by atoms with Crippen LogP contribution >= 0.6 is 0 Å². The Balaban J connectivity index is 1.89. The summed E-state index contributed by atoms with van der Waals surface area (Å²) in [7, 11) is 0. The lowest BCUT2D eigenvalue weighted by Gasteiger charge is -2.26. The molecule has 0 amide bonds. The third-order valence-electron chi connectivity index (χ3n) is 5.48. The number of imidazole rings is 1. The van der Waals surface area contributed by atoms with Crippen LogP contribution in [0.3, 0.4) is 0 Å². The summed E-state index contributed by atoms with van der Waals surface area (Å²) >= 11 is 0. The third kappa shape index (κ3) is 3.30. The van der Waals surface area contributed by atoms with Crippen LogP contribution in [0.15, 0.2) is 58.1 Å². The van der Waals surface area contributed by atoms with E-state index in [9.17, 15) is 13.6 Å². The molecule has 0 spiro atoms. The van der Waals surface area contributed by atoms with Crippen molar-refractivity contribution in [3.8, 4) is 11.1 Å². The van der Waals surface area contributed by atoms with Gasteiger partial charge in [-0.05, 0) is 55.8 Å². The van der Waals surface area contributed by atoms with Gasteiger partial charge < -0.3 is 14.5 Å². The van der Waals surface area contributed by atoms with Crippen molar-refractivity contribution in [3.63, 3.8) is 0 Å². The standard InChI is InChI=1S/C23H16F3N5O2/c1-11-20(12(2)33-31-11)13-7-16(21-17(8-13)29-22(32)30-21)23(26,18-5-3-14(24)9-27-18)19-6-4-15(25)10-28-19/h3-10H,1-2H3,(H2,29,30,32). The Bertz CT molecular complexity index is 1470. The zero-order valence-corrected chi connectivity index (χ0v) is 17.4. The second-order valence-electron chi connectivity index (χ2n) is 7.61. The Kier molecular flexibility index (Phi) is 4.66. The van der Waals surface area contributed by atoms with E-state index in [1.54, 1.807) is 19.9 Å². The van der Waals surface area contributed by atoms with E-state index < -0.39 is 23.0 Å². The summed E-state index contributed by atoms with van der Waals surface area (Å²) in [5.74, 6) is -0.810. The highest BCUT2D eigenvalue weighted by Crippen LogP contribution is 2.43. The normalized spacial score (nSPS) is 11.9. The number of hydrogen-bond acceptors (Lipinski definition) is 5. The van der Waals surface area contributed by atoms with E-state index in [1.807, 2.05) is 0 Å². The number of H-pyrrole nitrogens is 2. The van der Waals surface area contributed by atoms with Gasteiger partial charge in [0.25, 0.3) is 0 Å². The average molecular weight is 451 g/mol. The van der Waals surface area contributed by atoms with Gasteiger partial charge in [0.05, 0.1) is 40.5 Å². The molecular weight excluding hydrogens is 435 g/mol. The Morgan fingerprint density at radius 2 is 1.58 bits per heavy atom. The Hall–Kier alpha value is -4.21. The van der Waals surface area contributed by atoms with Crippen LogP contribution in [0.2, 0.25) is 0 Å². The highest BCUT2D eigenvalue weighted by molar-refractivity contribution is 5.87. The molecule has 2 N–H and O–H groups in total. The molecule has 0 radical (unpaired) electrons. The molecule has 4 heterocycles. The number of nitrogens with one attached hydrogen (secondary N) is 2. The van der Waals surface area contributed by atoms with Gasteiger partial charge in [-0.3, -0.25) is 9.97 Å². The first kappa shape index (κ1) is 20.7. The molecule has 0 aliphatic rings. The van der Waals surface area contributed by atoms with Gasteiger partial charge in [-0.2, -0.15) is 0 Å². The first-order valence-corrected chi connectivity index (χ1v) is 9.90. The van der Waals surface area contributed by atoms with Gasteiger partial charge in [0.2, 0.25) is 5.67 Å². The molecule has 1 aromatic carbocycles. The van der Waals surface area contributed by atoms with Crippen molar-refractivity contribution >= 4 is 11.0 Å². The minimum Gasteiger partial charge on any atom is -0.361 e. The minimum absolute atomic E-state index is 0.0217. The van der Waals surface area contributed by atoms with E-state index in [0.717, 1.165) is 24.5 Å². The molecule has 5 aromatic rings. The molecule has 0 atom stereocenters. The number of rotatable bonds is 4. The number of nitrogens with zero attached hydrogens (tertiary/aromatic N) is 3. The minimum atomic E-state index is -2.57. The fraction of sp³-hybridized carbons (Fsp3) is 0.130. The maximum atomic E-state index is 17.3. The maximum absolute atomic E-state index is 17.3. The van der Waals surface area contributed by atoms with Crippen LogP contribution < -0.4 is 5.69 Å². The number of benzene rings is 1. The number of aromatic amines is 2. The van der Waals surface area contributed by atoms with Gasteiger partial charge in [0, 0.05) is 11.1 Å². The van der Waals surface area contributed by atoms with Gasteiger partial charge in [0.1, 0.15) is 17.4 Å². The fourth-order valence-electron chi connectivity index (χ4n) is 4.02. The van der Waals surface area contributed by atoms with Crippen LogP contribution in [0.5, 0.6) is 0 Å². The summed E-state index contributed by atoms with van der Waals surface area (Å²) in [6.07, 6.45) is 1.75. The first-order valence-electron chi connectivity index (χ1n) is 9.90. The molecule has 0 saturated carbocycles. The van der Waals surface area contributed by atoms with E-state index in [1.165, 1.54) is 18.2 Å². The molecule has 0 bridgehead atoms. The van der Waals surface area contributed by atoms with E-state index >= 15 is 4.39 Å². The molecular formula is C23H16F3N5O2. The zero-order chi connectivity index (χ0) is 23.3. The zero-order valence-electron chi connectivity index (χ0n) is 17.4. The largest absolute Gasteiger partial charge is 0.361 e. The summed E-state index contributed by atoms with van der Waals surface area (Å²) in [6, 6.07) is 7.68. The van der Waals surface area contributed by atoms with Gasteiger partial charge in [-0.1, -0.05) is 5.16 Å². The topological polar surface area (TPSA) is 100 Å². The summed E-state index contributed by atoms with van der Waals surface area (Å²) in [6.45, 7) is 3.45. The Morgan fingerprint density at radius 3 is 2.09 bits per heavy atom. The van der Waals surface area contributed by atoms with Crippen molar-refractivity contribution in [1.82, 2.24) is 25.1 Å². The van der Waals surface area contributed by atoms with Crippen LogP contribution in [0.4, 0.5) is 13.2 Å². The number of aryl methyl sites for hydroxylation is 2. The lowest BCUT2D eigenvalue weighted by Crippen LogP contribution is -2.27. The smallest absolute Gasteiger partial charge is 0.323 e. The highest BCUT2D eigenvalue weighted by atomic mass is 19.1. The predicted octanol–water partition coefficient (Wildman–Crippen LogP) is 4.46. The highest BCUT2D eigenvalue weighted by Gasteiger charge is 2.42. The molecule has 0 fully saturated rings. The second-order valence-corrected chi connectivity index (χ2v) is 7.61. The first-order chi connectivity index (χ1) is 15.8. The molecule has 10 heteroatoms. The maximum Gasteiger partial charge on any atom is 0.323 e. The molecule has 0 aliphatic carbocycles. The molecule has 0 unspecified atom stereocenters. The van der Waals surface area contributed by atoms with Crippen LogP contribution in [-0.4, -0.2) is 25.1 Å². The van der Waals surface area contributed by atoms with Crippen LogP contribution in [0.1, 0.15) is 28.4 Å². The van der Waals surface area contributed by atoms with Crippen molar-refractivity contribution in [1.29, 1.82) is 0 Å². The average Bonchev–Trinajstić information content (AvgIpc) is 3.33. The Morgan fingerprint density at radius 1 is 0.939 bits per heavy atom. The van der Waals surface area contributed by atoms with Crippen molar-refractivity contribution < 1.29 is 17.7 Å². The number of pyridine rings is 2. The van der Waals surface area contributed by atoms with Gasteiger partial charge in [-0.15, -0.1) is 0 Å². The number of alkyl halides is 1. The number of hydrogen-bond donors (Lipinski definition) is 2. The summed E-state index contributed by atoms with van der Waals surface area (Å²) in [5.41, 5.74) is -1.33. The van der Waals surface area contributed by atoms with Crippen molar-refractivity contribution in [3.05, 3.63) is 99.3 Å². The molecule has 33 heavy (non-hydrogen) atoms. The monoisotopic (exact) mass is 451 g/mol. The summed E-state index contributed by atoms with van der Waals surface area (Å²) in [5, 5.41) is 3.95. The third-order valence-corrected chi connectivity index (χ3v) is 5.48. The van der Waals surface area contributed by atoms with Crippen LogP contribution in [0, 0.1) is 25.5 Å². The van der Waals surface area contributed by atoms with Crippen LogP contribution in [0.25, 0.3) is 22.2 Å². The van der Waals surface area contributed by atoms with Gasteiger partial charge >= 0.3 is 5.69 Å². The molecule has 5 rings (SSSR count). The Labute approximate surface area is 184 Å².